The second-order valence-corrected chi connectivity index (χ2v) is 11.4. The first-order valence-corrected chi connectivity index (χ1v) is 16.0. The van der Waals surface area contributed by atoms with Gasteiger partial charge in [0.15, 0.2) is 0 Å². The number of para-hydroxylation sites is 1. The Morgan fingerprint density at radius 1 is 0.404 bits per heavy atom. The molecule has 0 N–H and O–H groups in total. The van der Waals surface area contributed by atoms with Gasteiger partial charge in [-0.2, -0.15) is 0 Å². The highest BCUT2D eigenvalue weighted by Crippen LogP contribution is 2.34. The zero-order chi connectivity index (χ0) is 31.7. The van der Waals surface area contributed by atoms with Gasteiger partial charge in [0.2, 0.25) is 0 Å². The van der Waals surface area contributed by atoms with E-state index in [1.807, 2.05) is 0 Å². The number of hydrogen-bond acceptors (Lipinski definition) is 1. The Bertz CT molecular complexity index is 2100. The molecule has 0 atom stereocenters. The molecule has 0 radical (unpaired) electrons. The summed E-state index contributed by atoms with van der Waals surface area (Å²) in [6.07, 6.45) is 8.80. The van der Waals surface area contributed by atoms with Gasteiger partial charge in [-0.25, -0.2) is 0 Å². The van der Waals surface area contributed by atoms with Gasteiger partial charge in [0.25, 0.3) is 0 Å². The van der Waals surface area contributed by atoms with Crippen molar-refractivity contribution >= 4 is 39.4 Å². The average molecular weight is 602 g/mol. The van der Waals surface area contributed by atoms with Crippen LogP contribution in [0, 0.1) is 0 Å². The number of hydrogen-bond donors (Lipinski definition) is 0. The van der Waals surface area contributed by atoms with Crippen LogP contribution in [0.25, 0.3) is 28.0 Å². The Kier molecular flexibility index (Phi) is 8.97. The van der Waals surface area contributed by atoms with Crippen LogP contribution in [0.3, 0.4) is 0 Å². The molecule has 0 amide bonds. The van der Waals surface area contributed by atoms with Gasteiger partial charge in [-0.1, -0.05) is 182 Å². The fourth-order valence-electron chi connectivity index (χ4n) is 5.99. The van der Waals surface area contributed by atoms with Gasteiger partial charge in [0, 0.05) is 23.1 Å². The molecule has 0 aromatic heterocycles. The third-order valence-corrected chi connectivity index (χ3v) is 8.35. The molecule has 0 spiro atoms. The molecule has 7 aromatic carbocycles. The van der Waals surface area contributed by atoms with Crippen LogP contribution in [0.5, 0.6) is 0 Å². The molecule has 224 valence electrons. The first-order chi connectivity index (χ1) is 23.3. The molecule has 0 aliphatic carbocycles. The monoisotopic (exact) mass is 601 g/mol. The zero-order valence-corrected chi connectivity index (χ0v) is 26.2. The van der Waals surface area contributed by atoms with Crippen molar-refractivity contribution in [1.82, 2.24) is 0 Å². The lowest BCUT2D eigenvalue weighted by Crippen LogP contribution is -2.10. The summed E-state index contributed by atoms with van der Waals surface area (Å²) < 4.78 is 0. The molecule has 7 aromatic rings. The van der Waals surface area contributed by atoms with E-state index < -0.39 is 0 Å². The fraction of sp³-hybridized carbons (Fsp3) is 0. The van der Waals surface area contributed by atoms with Gasteiger partial charge in [-0.3, -0.25) is 0 Å². The minimum atomic E-state index is 1.09. The summed E-state index contributed by atoms with van der Waals surface area (Å²) in [6.45, 7) is 0. The van der Waals surface area contributed by atoms with Gasteiger partial charge in [-0.05, 0) is 68.4 Å². The standard InChI is InChI=1S/C46H35N/c1-5-18-37(19-6-1)43(38-20-7-2-8-21-38)29-15-17-36-31-33-42(34-32-36)47(41-26-11-4-12-27-41)35-46(40-22-9-3-10-23-40)45-30-16-25-39-24-13-14-28-44(39)45/h1-35H. The van der Waals surface area contributed by atoms with Gasteiger partial charge in [-0.15, -0.1) is 0 Å². The first kappa shape index (κ1) is 29.5. The van der Waals surface area contributed by atoms with Gasteiger partial charge < -0.3 is 4.90 Å². The lowest BCUT2D eigenvalue weighted by Gasteiger charge is -2.24. The van der Waals surface area contributed by atoms with Crippen molar-refractivity contribution in [2.75, 3.05) is 4.90 Å². The molecule has 47 heavy (non-hydrogen) atoms. The average Bonchev–Trinajstić information content (AvgIpc) is 3.15. The second kappa shape index (κ2) is 14.3. The largest absolute Gasteiger partial charge is 0.317 e. The third kappa shape index (κ3) is 6.91. The van der Waals surface area contributed by atoms with Crippen LogP contribution in [0.4, 0.5) is 11.4 Å². The summed E-state index contributed by atoms with van der Waals surface area (Å²) in [5, 5.41) is 2.46. The summed E-state index contributed by atoms with van der Waals surface area (Å²) >= 11 is 0. The summed E-state index contributed by atoms with van der Waals surface area (Å²) in [7, 11) is 0. The molecule has 0 aliphatic rings. The van der Waals surface area contributed by atoms with Crippen LogP contribution in [0.1, 0.15) is 27.8 Å². The van der Waals surface area contributed by atoms with E-state index in [0.29, 0.717) is 0 Å². The molecule has 1 nitrogen and oxygen atoms in total. The fourth-order valence-corrected chi connectivity index (χ4v) is 5.99. The number of allylic oxidation sites excluding steroid dienone is 2. The van der Waals surface area contributed by atoms with Crippen molar-refractivity contribution in [2.45, 2.75) is 0 Å². The molecule has 1 heteroatoms. The molecular weight excluding hydrogens is 567 g/mol. The van der Waals surface area contributed by atoms with E-state index in [0.717, 1.165) is 22.5 Å². The molecule has 0 saturated carbocycles. The van der Waals surface area contributed by atoms with Gasteiger partial charge >= 0.3 is 0 Å². The maximum atomic E-state index is 2.29. The third-order valence-electron chi connectivity index (χ3n) is 8.35. The highest BCUT2D eigenvalue weighted by Gasteiger charge is 2.14. The van der Waals surface area contributed by atoms with Crippen molar-refractivity contribution in [3.05, 3.63) is 234 Å². The quantitative estimate of drug-likeness (QED) is 0.149. The Morgan fingerprint density at radius 3 is 1.51 bits per heavy atom. The number of nitrogens with zero attached hydrogens (tertiary/aromatic N) is 1. The minimum absolute atomic E-state index is 1.09. The Labute approximate surface area is 277 Å². The van der Waals surface area contributed by atoms with E-state index in [2.05, 4.69) is 217 Å². The van der Waals surface area contributed by atoms with Crippen molar-refractivity contribution < 1.29 is 0 Å². The molecular formula is C46H35N. The highest BCUT2D eigenvalue weighted by molar-refractivity contribution is 5.98. The van der Waals surface area contributed by atoms with Crippen LogP contribution in [0.2, 0.25) is 0 Å². The summed E-state index contributed by atoms with van der Waals surface area (Å²) in [5.74, 6) is 0. The molecule has 0 bridgehead atoms. The molecule has 7 rings (SSSR count). The predicted octanol–water partition coefficient (Wildman–Crippen LogP) is 12.2. The van der Waals surface area contributed by atoms with E-state index in [4.69, 9.17) is 0 Å². The second-order valence-electron chi connectivity index (χ2n) is 11.4. The number of rotatable bonds is 9. The normalized spacial score (nSPS) is 11.4. The van der Waals surface area contributed by atoms with E-state index in [1.165, 1.54) is 38.6 Å². The number of benzene rings is 7. The first-order valence-electron chi connectivity index (χ1n) is 16.0. The molecule has 0 saturated heterocycles. The smallest absolute Gasteiger partial charge is 0.0456 e. The Balaban J connectivity index is 1.27. The topological polar surface area (TPSA) is 3.24 Å². The minimum Gasteiger partial charge on any atom is -0.317 e. The van der Waals surface area contributed by atoms with Crippen LogP contribution in [0.15, 0.2) is 206 Å². The van der Waals surface area contributed by atoms with Crippen molar-refractivity contribution in [3.63, 3.8) is 0 Å². The summed E-state index contributed by atoms with van der Waals surface area (Å²) in [5.41, 5.74) is 10.5. The van der Waals surface area contributed by atoms with E-state index in [1.54, 1.807) is 0 Å². The van der Waals surface area contributed by atoms with E-state index in [9.17, 15) is 0 Å². The Hall–Kier alpha value is -6.18. The highest BCUT2D eigenvalue weighted by atomic mass is 15.1. The molecule has 0 unspecified atom stereocenters. The zero-order valence-electron chi connectivity index (χ0n) is 26.2. The predicted molar refractivity (Wildman–Crippen MR) is 201 cm³/mol. The van der Waals surface area contributed by atoms with Crippen molar-refractivity contribution in [2.24, 2.45) is 0 Å². The SMILES string of the molecule is C(=Cc1ccc(N(C=C(c2ccccc2)c2cccc3ccccc23)c2ccccc2)cc1)C=C(c1ccccc1)c1ccccc1. The van der Waals surface area contributed by atoms with Crippen LogP contribution in [-0.4, -0.2) is 0 Å². The van der Waals surface area contributed by atoms with E-state index >= 15 is 0 Å². The maximum Gasteiger partial charge on any atom is 0.0456 e. The lowest BCUT2D eigenvalue weighted by atomic mass is 9.93. The van der Waals surface area contributed by atoms with Gasteiger partial charge in [0.05, 0.1) is 0 Å². The van der Waals surface area contributed by atoms with Crippen LogP contribution in [-0.2, 0) is 0 Å². The van der Waals surface area contributed by atoms with Gasteiger partial charge in [0.1, 0.15) is 0 Å². The summed E-state index contributed by atoms with van der Waals surface area (Å²) in [6, 6.07) is 66.3. The molecule has 0 aliphatic heterocycles. The molecule has 0 fully saturated rings. The Morgan fingerprint density at radius 2 is 0.894 bits per heavy atom. The van der Waals surface area contributed by atoms with Crippen LogP contribution < -0.4 is 4.90 Å². The van der Waals surface area contributed by atoms with Crippen LogP contribution >= 0.6 is 0 Å². The number of anilines is 2. The number of fused-ring (bicyclic) bond motifs is 1. The van der Waals surface area contributed by atoms with Crippen molar-refractivity contribution in [3.8, 4) is 0 Å². The maximum absolute atomic E-state index is 2.29. The van der Waals surface area contributed by atoms with Crippen molar-refractivity contribution in [1.29, 1.82) is 0 Å². The molecule has 0 heterocycles. The summed E-state index contributed by atoms with van der Waals surface area (Å²) in [4.78, 5) is 2.29. The van der Waals surface area contributed by atoms with E-state index in [-0.39, 0.29) is 0 Å². The lowest BCUT2D eigenvalue weighted by molar-refractivity contribution is 1.28.